The number of aromatic nitrogens is 1. The number of pyridine rings is 1. The summed E-state index contributed by atoms with van der Waals surface area (Å²) in [6.07, 6.45) is -1.60. The number of benzene rings is 1. The number of nitrogens with zero attached hydrogens (tertiary/aromatic N) is 3. The molecule has 0 aliphatic carbocycles. The van der Waals surface area contributed by atoms with E-state index in [1.54, 1.807) is 0 Å². The first kappa shape index (κ1) is 19.4. The topological polar surface area (TPSA) is 132 Å². The molecule has 1 aromatic carbocycles. The zero-order valence-corrected chi connectivity index (χ0v) is 13.8. The summed E-state index contributed by atoms with van der Waals surface area (Å²) in [5, 5.41) is 20.5. The van der Waals surface area contributed by atoms with E-state index in [2.05, 4.69) is 16.8 Å². The van der Waals surface area contributed by atoms with Gasteiger partial charge in [-0.2, -0.15) is 4.98 Å². The molecule has 0 bridgehead atoms. The van der Waals surface area contributed by atoms with Crippen molar-refractivity contribution in [3.05, 3.63) is 51.6 Å². The van der Waals surface area contributed by atoms with E-state index in [1.165, 1.54) is 13.2 Å². The van der Waals surface area contributed by atoms with E-state index in [9.17, 15) is 28.8 Å². The number of rotatable bonds is 4. The molecule has 0 radical (unpaired) electrons. The Bertz CT molecular complexity index is 971. The number of nitrogens with two attached hydrogens (primary N) is 1. The number of hydrogen-bond donors (Lipinski definition) is 2. The van der Waals surface area contributed by atoms with Gasteiger partial charge in [0.05, 0.1) is 29.8 Å². The molecule has 0 saturated heterocycles. The molecule has 27 heavy (non-hydrogen) atoms. The molecular formula is C16H12F2N4O5. The Kier molecular flexibility index (Phi) is 5.71. The lowest BCUT2D eigenvalue weighted by atomic mass is 10.1. The van der Waals surface area contributed by atoms with Crippen molar-refractivity contribution in [2.75, 3.05) is 24.3 Å². The second-order valence-corrected chi connectivity index (χ2v) is 4.95. The summed E-state index contributed by atoms with van der Waals surface area (Å²) in [4.78, 5) is 26.0. The molecule has 0 fully saturated rings. The van der Waals surface area contributed by atoms with Gasteiger partial charge in [0, 0.05) is 12.1 Å². The predicted octanol–water partition coefficient (Wildman–Crippen LogP) is 2.39. The van der Waals surface area contributed by atoms with E-state index in [4.69, 9.17) is 10.5 Å². The fourth-order valence-corrected chi connectivity index (χ4v) is 2.01. The van der Waals surface area contributed by atoms with Crippen molar-refractivity contribution in [1.29, 1.82) is 0 Å². The normalized spacial score (nSPS) is 9.89. The monoisotopic (exact) mass is 378 g/mol. The molecule has 1 aromatic heterocycles. The quantitative estimate of drug-likeness (QED) is 0.361. The van der Waals surface area contributed by atoms with Gasteiger partial charge in [-0.05, 0) is 12.1 Å². The largest absolute Gasteiger partial charge is 0.481 e. The highest BCUT2D eigenvalue weighted by atomic mass is 19.2. The molecule has 2 aromatic rings. The van der Waals surface area contributed by atoms with Gasteiger partial charge < -0.3 is 15.6 Å². The Morgan fingerprint density at radius 3 is 2.70 bits per heavy atom. The van der Waals surface area contributed by atoms with Gasteiger partial charge in [0.2, 0.25) is 11.7 Å². The standard InChI is InChI=1S/C16H12F2N4O5/c1-27-13-7-6-12(22(25)26)15(20-13)21(16(23)24)8-2-3-9-11(19)5-4-10(17)14(9)18/h4-7H,8,19H2,1H3,(H,23,24). The zero-order valence-electron chi connectivity index (χ0n) is 13.8. The molecule has 140 valence electrons. The molecule has 0 unspecified atom stereocenters. The van der Waals surface area contributed by atoms with Crippen LogP contribution in [-0.4, -0.2) is 34.8 Å². The van der Waals surface area contributed by atoms with E-state index >= 15 is 0 Å². The van der Waals surface area contributed by atoms with Crippen LogP contribution in [0.25, 0.3) is 0 Å². The van der Waals surface area contributed by atoms with Crippen molar-refractivity contribution in [1.82, 2.24) is 4.98 Å². The third kappa shape index (κ3) is 4.18. The molecule has 0 saturated carbocycles. The summed E-state index contributed by atoms with van der Waals surface area (Å²) >= 11 is 0. The minimum atomic E-state index is -1.60. The highest BCUT2D eigenvalue weighted by Gasteiger charge is 2.26. The summed E-state index contributed by atoms with van der Waals surface area (Å²) in [5.41, 5.74) is 4.33. The van der Waals surface area contributed by atoms with Crippen molar-refractivity contribution in [2.45, 2.75) is 0 Å². The molecule has 11 heteroatoms. The van der Waals surface area contributed by atoms with Crippen LogP contribution in [0.5, 0.6) is 5.88 Å². The van der Waals surface area contributed by atoms with Crippen LogP contribution in [0.15, 0.2) is 24.3 Å². The number of anilines is 2. The SMILES string of the molecule is COc1ccc([N+](=O)[O-])c(N(CC#Cc2c(N)ccc(F)c2F)C(=O)O)n1. The Morgan fingerprint density at radius 1 is 1.41 bits per heavy atom. The molecule has 1 heterocycles. The fourth-order valence-electron chi connectivity index (χ4n) is 2.01. The van der Waals surface area contributed by atoms with Crippen LogP contribution in [0.3, 0.4) is 0 Å². The maximum atomic E-state index is 13.7. The van der Waals surface area contributed by atoms with Gasteiger partial charge in [0.1, 0.15) is 0 Å². The lowest BCUT2D eigenvalue weighted by Crippen LogP contribution is -2.31. The lowest BCUT2D eigenvalue weighted by molar-refractivity contribution is -0.384. The fraction of sp³-hybridized carbons (Fsp3) is 0.125. The number of nitro groups is 1. The molecule has 1 amide bonds. The van der Waals surface area contributed by atoms with Gasteiger partial charge in [0.15, 0.2) is 11.6 Å². The summed E-state index contributed by atoms with van der Waals surface area (Å²) in [6, 6.07) is 4.14. The first-order valence-corrected chi connectivity index (χ1v) is 7.18. The third-order valence-corrected chi connectivity index (χ3v) is 3.30. The molecule has 0 atom stereocenters. The summed E-state index contributed by atoms with van der Waals surface area (Å²) < 4.78 is 31.8. The van der Waals surface area contributed by atoms with E-state index in [0.29, 0.717) is 4.90 Å². The number of nitrogen functional groups attached to an aromatic ring is 1. The van der Waals surface area contributed by atoms with Crippen LogP contribution in [0.2, 0.25) is 0 Å². The summed E-state index contributed by atoms with van der Waals surface area (Å²) in [5.74, 6) is 1.48. The lowest BCUT2D eigenvalue weighted by Gasteiger charge is -2.15. The van der Waals surface area contributed by atoms with E-state index in [0.717, 1.165) is 18.2 Å². The van der Waals surface area contributed by atoms with Crippen LogP contribution in [0.1, 0.15) is 5.56 Å². The second kappa shape index (κ2) is 7.96. The van der Waals surface area contributed by atoms with E-state index < -0.39 is 46.3 Å². The number of halogens is 2. The first-order valence-electron chi connectivity index (χ1n) is 7.18. The van der Waals surface area contributed by atoms with Crippen molar-refractivity contribution < 1.29 is 28.3 Å². The molecule has 0 spiro atoms. The van der Waals surface area contributed by atoms with Crippen LogP contribution in [-0.2, 0) is 0 Å². The third-order valence-electron chi connectivity index (χ3n) is 3.30. The molecule has 0 aliphatic heterocycles. The van der Waals surface area contributed by atoms with Crippen LogP contribution < -0.4 is 15.4 Å². The molecule has 2 rings (SSSR count). The highest BCUT2D eigenvalue weighted by Crippen LogP contribution is 2.28. The predicted molar refractivity (Wildman–Crippen MR) is 90.5 cm³/mol. The van der Waals surface area contributed by atoms with Crippen LogP contribution >= 0.6 is 0 Å². The maximum Gasteiger partial charge on any atom is 0.414 e. The second-order valence-electron chi connectivity index (χ2n) is 4.95. The Hall–Kier alpha value is -3.94. The molecular weight excluding hydrogens is 366 g/mol. The maximum absolute atomic E-state index is 13.7. The Balaban J connectivity index is 2.44. The molecule has 0 aliphatic rings. The van der Waals surface area contributed by atoms with E-state index in [-0.39, 0.29) is 11.6 Å². The minimum Gasteiger partial charge on any atom is -0.481 e. The number of carboxylic acid groups (broad SMARTS) is 1. The number of ether oxygens (including phenoxy) is 1. The van der Waals surface area contributed by atoms with Gasteiger partial charge in [-0.3, -0.25) is 10.1 Å². The van der Waals surface area contributed by atoms with Crippen molar-refractivity contribution in [3.63, 3.8) is 0 Å². The van der Waals surface area contributed by atoms with Crippen molar-refractivity contribution >= 4 is 23.3 Å². The van der Waals surface area contributed by atoms with Gasteiger partial charge in [-0.25, -0.2) is 18.5 Å². The number of hydrogen-bond acceptors (Lipinski definition) is 6. The smallest absolute Gasteiger partial charge is 0.414 e. The molecule has 3 N–H and O–H groups in total. The zero-order chi connectivity index (χ0) is 20.1. The van der Waals surface area contributed by atoms with Crippen molar-refractivity contribution in [3.8, 4) is 17.7 Å². The average Bonchev–Trinajstić information content (AvgIpc) is 2.63. The van der Waals surface area contributed by atoms with Crippen molar-refractivity contribution in [2.24, 2.45) is 0 Å². The number of carbonyl (C=O) groups is 1. The highest BCUT2D eigenvalue weighted by molar-refractivity contribution is 5.88. The average molecular weight is 378 g/mol. The van der Waals surface area contributed by atoms with Gasteiger partial charge in [-0.15, -0.1) is 0 Å². The van der Waals surface area contributed by atoms with E-state index in [1.807, 2.05) is 0 Å². The van der Waals surface area contributed by atoms with Gasteiger partial charge >= 0.3 is 11.8 Å². The van der Waals surface area contributed by atoms with Crippen LogP contribution in [0.4, 0.5) is 30.8 Å². The molecule has 9 nitrogen and oxygen atoms in total. The van der Waals surface area contributed by atoms with Crippen LogP contribution in [0, 0.1) is 33.6 Å². The first-order chi connectivity index (χ1) is 12.8. The summed E-state index contributed by atoms with van der Waals surface area (Å²) in [7, 11) is 1.25. The summed E-state index contributed by atoms with van der Waals surface area (Å²) in [6.45, 7) is -0.619. The minimum absolute atomic E-state index is 0.0600. The number of methoxy groups -OCH3 is 1. The van der Waals surface area contributed by atoms with Gasteiger partial charge in [0.25, 0.3) is 0 Å². The Labute approximate surface area is 151 Å². The Morgan fingerprint density at radius 2 is 2.11 bits per heavy atom. The number of amides is 1. The van der Waals surface area contributed by atoms with Gasteiger partial charge in [-0.1, -0.05) is 11.8 Å².